The fourth-order valence-electron chi connectivity index (χ4n) is 3.12. The molecule has 0 aliphatic heterocycles. The van der Waals surface area contributed by atoms with Crippen molar-refractivity contribution in [3.05, 3.63) is 82.0 Å². The van der Waals surface area contributed by atoms with E-state index in [1.165, 1.54) is 33.4 Å². The van der Waals surface area contributed by atoms with Gasteiger partial charge in [0.15, 0.2) is 0 Å². The molecule has 0 spiro atoms. The van der Waals surface area contributed by atoms with Crippen molar-refractivity contribution >= 4 is 0 Å². The first-order chi connectivity index (χ1) is 11.9. The summed E-state index contributed by atoms with van der Waals surface area (Å²) < 4.78 is 0. The van der Waals surface area contributed by atoms with Gasteiger partial charge in [-0.2, -0.15) is 22.3 Å². The van der Waals surface area contributed by atoms with Crippen LogP contribution in [0.3, 0.4) is 0 Å². The van der Waals surface area contributed by atoms with Crippen LogP contribution >= 0.6 is 0 Å². The molecule has 3 rings (SSSR count). The first-order valence-corrected chi connectivity index (χ1v) is 9.33. The third-order valence-electron chi connectivity index (χ3n) is 5.68. The van der Waals surface area contributed by atoms with E-state index in [0.717, 1.165) is 0 Å². The van der Waals surface area contributed by atoms with Gasteiger partial charge in [0.2, 0.25) is 0 Å². The zero-order valence-electron chi connectivity index (χ0n) is 18.8. The molecule has 0 unspecified atom stereocenters. The molecule has 2 aliphatic carbocycles. The van der Waals surface area contributed by atoms with Crippen molar-refractivity contribution < 1.29 is 26.2 Å². The Bertz CT molecular complexity index is 661. The Morgan fingerprint density at radius 3 is 1.00 bits per heavy atom. The molecule has 0 N–H and O–H groups in total. The molecule has 0 radical (unpaired) electrons. The Morgan fingerprint density at radius 1 is 0.630 bits per heavy atom. The van der Waals surface area contributed by atoms with Gasteiger partial charge in [-0.15, -0.1) is 13.8 Å². The molecule has 0 saturated carbocycles. The van der Waals surface area contributed by atoms with Crippen LogP contribution in [0.2, 0.25) is 0 Å². The van der Waals surface area contributed by atoms with Crippen LogP contribution < -0.4 is 0 Å². The summed E-state index contributed by atoms with van der Waals surface area (Å²) in [5.41, 5.74) is 8.79. The van der Waals surface area contributed by atoms with Gasteiger partial charge in [0, 0.05) is 0 Å². The molecule has 0 nitrogen and oxygen atoms in total. The van der Waals surface area contributed by atoms with Crippen molar-refractivity contribution in [1.29, 1.82) is 0 Å². The predicted molar refractivity (Wildman–Crippen MR) is 113 cm³/mol. The first kappa shape index (κ1) is 25.9. The minimum Gasteiger partial charge on any atom is -0.263 e. The summed E-state index contributed by atoms with van der Waals surface area (Å²) >= 11 is 0. The van der Waals surface area contributed by atoms with Crippen LogP contribution in [-0.2, 0) is 26.2 Å². The third-order valence-corrected chi connectivity index (χ3v) is 5.68. The van der Waals surface area contributed by atoms with Crippen LogP contribution in [0.1, 0.15) is 69.2 Å². The van der Waals surface area contributed by atoms with Crippen LogP contribution in [-0.4, -0.2) is 0 Å². The van der Waals surface area contributed by atoms with Crippen molar-refractivity contribution in [3.8, 4) is 0 Å². The van der Waals surface area contributed by atoms with Crippen molar-refractivity contribution in [2.24, 2.45) is 10.8 Å². The second kappa shape index (κ2) is 10.4. The summed E-state index contributed by atoms with van der Waals surface area (Å²) in [7, 11) is 0. The number of hydrogen-bond donors (Lipinski definition) is 0. The SMILES string of the molecule is CC1=[C-]C(C)(C)C(C)=C1C.CC1=[C-]C(C)(C)C(C)=C1C.[Zr+2].c1ccccc#1. The van der Waals surface area contributed by atoms with Crippen molar-refractivity contribution in [2.75, 3.05) is 0 Å². The van der Waals surface area contributed by atoms with E-state index in [4.69, 9.17) is 0 Å². The van der Waals surface area contributed by atoms with E-state index >= 15 is 0 Å². The van der Waals surface area contributed by atoms with E-state index in [2.05, 4.69) is 93.5 Å². The van der Waals surface area contributed by atoms with E-state index in [0.29, 0.717) is 0 Å². The summed E-state index contributed by atoms with van der Waals surface area (Å²) in [6, 6.07) is 13.0. The topological polar surface area (TPSA) is 0 Å². The molecule has 1 aromatic rings. The number of hydrogen-bond acceptors (Lipinski definition) is 0. The average Bonchev–Trinajstić information content (AvgIpc) is 2.88. The van der Waals surface area contributed by atoms with Crippen molar-refractivity contribution in [1.82, 2.24) is 0 Å². The van der Waals surface area contributed by atoms with Crippen LogP contribution in [0, 0.1) is 35.1 Å². The Kier molecular flexibility index (Phi) is 10.0. The average molecular weight is 438 g/mol. The number of rotatable bonds is 0. The Labute approximate surface area is 187 Å². The second-order valence-corrected chi connectivity index (χ2v) is 8.26. The van der Waals surface area contributed by atoms with E-state index in [9.17, 15) is 0 Å². The maximum atomic E-state index is 3.44. The van der Waals surface area contributed by atoms with Gasteiger partial charge in [-0.05, 0) is 12.1 Å². The second-order valence-electron chi connectivity index (χ2n) is 8.26. The zero-order valence-corrected chi connectivity index (χ0v) is 21.3. The fourth-order valence-corrected chi connectivity index (χ4v) is 3.12. The summed E-state index contributed by atoms with van der Waals surface area (Å²) in [6.45, 7) is 21.8. The molecular weight excluding hydrogens is 404 g/mol. The third kappa shape index (κ3) is 7.09. The van der Waals surface area contributed by atoms with E-state index in [-0.39, 0.29) is 37.0 Å². The molecule has 2 aliphatic rings. The van der Waals surface area contributed by atoms with Crippen LogP contribution in [0.5, 0.6) is 0 Å². The molecule has 0 aromatic heterocycles. The minimum absolute atomic E-state index is 0. The minimum atomic E-state index is 0. The van der Waals surface area contributed by atoms with Crippen LogP contribution in [0.4, 0.5) is 0 Å². The molecule has 1 aromatic carbocycles. The summed E-state index contributed by atoms with van der Waals surface area (Å²) in [4.78, 5) is 0. The summed E-state index contributed by atoms with van der Waals surface area (Å²) in [5, 5.41) is 0. The maximum absolute atomic E-state index is 3.44. The van der Waals surface area contributed by atoms with Gasteiger partial charge >= 0.3 is 26.2 Å². The molecule has 27 heavy (non-hydrogen) atoms. The van der Waals surface area contributed by atoms with Crippen molar-refractivity contribution in [3.63, 3.8) is 0 Å². The number of allylic oxidation sites excluding steroid dienone is 8. The first-order valence-electron chi connectivity index (χ1n) is 9.33. The Hall–Kier alpha value is -1.12. The Morgan fingerprint density at radius 2 is 0.926 bits per heavy atom. The predicted octanol–water partition coefficient (Wildman–Crippen LogP) is 7.51. The smallest absolute Gasteiger partial charge is 0.263 e. The fraction of sp³-hybridized carbons (Fsp3) is 0.462. The normalized spacial score (nSPS) is 18.9. The van der Waals surface area contributed by atoms with Gasteiger partial charge in [-0.25, -0.2) is 11.1 Å². The molecule has 142 valence electrons. The molecule has 0 heterocycles. The zero-order chi connectivity index (χ0) is 20.1. The standard InChI is InChI=1S/2C10H15.C6H4.Zr/c2*1-7-6-10(4,5)9(3)8(7)2;1-2-4-6-5-3-1;/h2*1-5H3;1-4H;/q2*-1;;+2. The van der Waals surface area contributed by atoms with Gasteiger partial charge in [0.1, 0.15) is 0 Å². The summed E-state index contributed by atoms with van der Waals surface area (Å²) in [5.74, 6) is 0. The largest absolute Gasteiger partial charge is 2.00 e. The van der Waals surface area contributed by atoms with E-state index in [1.807, 2.05) is 24.3 Å². The molecule has 0 fully saturated rings. The molecule has 0 saturated heterocycles. The Balaban J connectivity index is 0.000000380. The van der Waals surface area contributed by atoms with Gasteiger partial charge in [0.25, 0.3) is 0 Å². The molecular formula is C26H34Zr. The van der Waals surface area contributed by atoms with Gasteiger partial charge in [-0.3, -0.25) is 12.2 Å². The molecule has 0 bridgehead atoms. The quantitative estimate of drug-likeness (QED) is 0.368. The van der Waals surface area contributed by atoms with Crippen LogP contribution in [0.15, 0.2) is 57.7 Å². The van der Waals surface area contributed by atoms with Gasteiger partial charge in [-0.1, -0.05) is 90.5 Å². The monoisotopic (exact) mass is 436 g/mol. The molecule has 1 heteroatoms. The maximum Gasteiger partial charge on any atom is 2.00 e. The van der Waals surface area contributed by atoms with Gasteiger partial charge < -0.3 is 0 Å². The van der Waals surface area contributed by atoms with E-state index < -0.39 is 0 Å². The van der Waals surface area contributed by atoms with Crippen molar-refractivity contribution in [2.45, 2.75) is 69.2 Å². The molecule has 0 amide bonds. The summed E-state index contributed by atoms with van der Waals surface area (Å²) in [6.07, 6.45) is 6.87. The van der Waals surface area contributed by atoms with Gasteiger partial charge in [0.05, 0.1) is 0 Å². The molecule has 0 atom stereocenters. The van der Waals surface area contributed by atoms with E-state index in [1.54, 1.807) is 0 Å². The van der Waals surface area contributed by atoms with Crippen LogP contribution in [0.25, 0.3) is 0 Å².